The van der Waals surface area contributed by atoms with E-state index in [2.05, 4.69) is 10.4 Å². The van der Waals surface area contributed by atoms with E-state index in [0.717, 1.165) is 36.3 Å². The predicted molar refractivity (Wildman–Crippen MR) is 117 cm³/mol. The SMILES string of the molecule is Cc1cc(C)n(-c2nc3c(c(=O)n2CC(=O)Nc2ccc(Cl)c(Cl)c2)CCCC3)n1. The summed E-state index contributed by atoms with van der Waals surface area (Å²) in [6.07, 6.45) is 3.37. The van der Waals surface area contributed by atoms with Gasteiger partial charge in [0.1, 0.15) is 6.54 Å². The summed E-state index contributed by atoms with van der Waals surface area (Å²) in [7, 11) is 0. The molecule has 0 radical (unpaired) electrons. The van der Waals surface area contributed by atoms with E-state index in [1.54, 1.807) is 22.9 Å². The van der Waals surface area contributed by atoms with Crippen molar-refractivity contribution in [2.75, 3.05) is 5.32 Å². The molecule has 4 rings (SSSR count). The first-order chi connectivity index (χ1) is 14.3. The zero-order chi connectivity index (χ0) is 21.4. The van der Waals surface area contributed by atoms with Crippen LogP contribution < -0.4 is 10.9 Å². The minimum Gasteiger partial charge on any atom is -0.324 e. The van der Waals surface area contributed by atoms with Gasteiger partial charge < -0.3 is 5.32 Å². The van der Waals surface area contributed by atoms with Gasteiger partial charge in [0.05, 0.1) is 21.4 Å². The van der Waals surface area contributed by atoms with Crippen molar-refractivity contribution in [2.24, 2.45) is 0 Å². The van der Waals surface area contributed by atoms with Crippen molar-refractivity contribution in [1.29, 1.82) is 0 Å². The van der Waals surface area contributed by atoms with Crippen LogP contribution in [0.2, 0.25) is 10.0 Å². The van der Waals surface area contributed by atoms with Gasteiger partial charge in [0.2, 0.25) is 11.9 Å². The van der Waals surface area contributed by atoms with E-state index in [4.69, 9.17) is 28.2 Å². The molecule has 1 aliphatic rings. The lowest BCUT2D eigenvalue weighted by molar-refractivity contribution is -0.116. The topological polar surface area (TPSA) is 81.8 Å². The van der Waals surface area contributed by atoms with Crippen molar-refractivity contribution < 1.29 is 4.79 Å². The lowest BCUT2D eigenvalue weighted by Crippen LogP contribution is -2.35. The van der Waals surface area contributed by atoms with Gasteiger partial charge in [-0.15, -0.1) is 0 Å². The summed E-state index contributed by atoms with van der Waals surface area (Å²) in [4.78, 5) is 30.8. The number of aromatic nitrogens is 4. The van der Waals surface area contributed by atoms with E-state index in [1.165, 1.54) is 4.57 Å². The number of aryl methyl sites for hydroxylation is 3. The predicted octanol–water partition coefficient (Wildman–Crippen LogP) is 3.87. The monoisotopic (exact) mass is 445 g/mol. The number of anilines is 1. The number of nitrogens with zero attached hydrogens (tertiary/aromatic N) is 4. The van der Waals surface area contributed by atoms with Crippen LogP contribution in [-0.2, 0) is 24.2 Å². The third kappa shape index (κ3) is 4.00. The van der Waals surface area contributed by atoms with Crippen LogP contribution in [0.1, 0.15) is 35.5 Å². The van der Waals surface area contributed by atoms with Gasteiger partial charge in [-0.05, 0) is 63.8 Å². The lowest BCUT2D eigenvalue weighted by atomic mass is 9.97. The summed E-state index contributed by atoms with van der Waals surface area (Å²) < 4.78 is 3.02. The van der Waals surface area contributed by atoms with Gasteiger partial charge in [-0.1, -0.05) is 23.2 Å². The molecule has 1 aliphatic carbocycles. The molecule has 30 heavy (non-hydrogen) atoms. The molecule has 0 unspecified atom stereocenters. The fourth-order valence-corrected chi connectivity index (χ4v) is 4.03. The number of halogens is 2. The molecule has 2 heterocycles. The minimum absolute atomic E-state index is 0.187. The number of benzene rings is 1. The van der Waals surface area contributed by atoms with Gasteiger partial charge >= 0.3 is 0 Å². The molecule has 0 saturated heterocycles. The molecular weight excluding hydrogens is 425 g/mol. The average molecular weight is 446 g/mol. The molecule has 9 heteroatoms. The zero-order valence-corrected chi connectivity index (χ0v) is 18.2. The Labute approximate surface area is 183 Å². The summed E-state index contributed by atoms with van der Waals surface area (Å²) in [5.74, 6) is -0.00799. The second-order valence-corrected chi connectivity index (χ2v) is 8.27. The maximum Gasteiger partial charge on any atom is 0.258 e. The van der Waals surface area contributed by atoms with E-state index >= 15 is 0 Å². The summed E-state index contributed by atoms with van der Waals surface area (Å²) in [6, 6.07) is 6.73. The summed E-state index contributed by atoms with van der Waals surface area (Å²) in [6.45, 7) is 3.58. The Balaban J connectivity index is 1.74. The summed E-state index contributed by atoms with van der Waals surface area (Å²) in [5, 5.41) is 7.98. The van der Waals surface area contributed by atoms with Gasteiger partial charge in [-0.25, -0.2) is 9.67 Å². The Kier molecular flexibility index (Phi) is 5.66. The number of hydrogen-bond donors (Lipinski definition) is 1. The lowest BCUT2D eigenvalue weighted by Gasteiger charge is -2.20. The van der Waals surface area contributed by atoms with E-state index in [9.17, 15) is 9.59 Å². The van der Waals surface area contributed by atoms with Crippen LogP contribution in [0.15, 0.2) is 29.1 Å². The molecule has 0 atom stereocenters. The highest BCUT2D eigenvalue weighted by atomic mass is 35.5. The fourth-order valence-electron chi connectivity index (χ4n) is 3.73. The second-order valence-electron chi connectivity index (χ2n) is 7.45. The molecule has 0 aliphatic heterocycles. The van der Waals surface area contributed by atoms with Gasteiger partial charge in [-0.3, -0.25) is 14.2 Å². The van der Waals surface area contributed by atoms with Crippen molar-refractivity contribution in [2.45, 2.75) is 46.1 Å². The number of fused-ring (bicyclic) bond motifs is 1. The van der Waals surface area contributed by atoms with Crippen LogP contribution in [0.3, 0.4) is 0 Å². The van der Waals surface area contributed by atoms with Gasteiger partial charge in [0.15, 0.2) is 0 Å². The number of nitrogens with one attached hydrogen (secondary N) is 1. The Hall–Kier alpha value is -2.64. The van der Waals surface area contributed by atoms with Crippen LogP contribution in [0.25, 0.3) is 5.95 Å². The van der Waals surface area contributed by atoms with Gasteiger partial charge in [0.25, 0.3) is 5.56 Å². The maximum atomic E-state index is 13.3. The molecule has 1 aromatic carbocycles. The number of rotatable bonds is 4. The van der Waals surface area contributed by atoms with Crippen molar-refractivity contribution in [3.05, 3.63) is 67.3 Å². The summed E-state index contributed by atoms with van der Waals surface area (Å²) >= 11 is 12.0. The number of hydrogen-bond acceptors (Lipinski definition) is 4. The molecule has 3 aromatic rings. The second kappa shape index (κ2) is 8.24. The standard InChI is InChI=1S/C21H21Cl2N5O2/c1-12-9-13(2)28(26-12)21-25-18-6-4-3-5-15(18)20(30)27(21)11-19(29)24-14-7-8-16(22)17(23)10-14/h7-10H,3-6,11H2,1-2H3,(H,24,29). The highest BCUT2D eigenvalue weighted by Crippen LogP contribution is 2.25. The van der Waals surface area contributed by atoms with E-state index in [1.807, 2.05) is 19.9 Å². The Morgan fingerprint density at radius 3 is 2.60 bits per heavy atom. The third-order valence-corrected chi connectivity index (χ3v) is 5.86. The molecule has 156 valence electrons. The van der Waals surface area contributed by atoms with Gasteiger partial charge in [0, 0.05) is 16.9 Å². The van der Waals surface area contributed by atoms with Crippen LogP contribution >= 0.6 is 23.2 Å². The van der Waals surface area contributed by atoms with E-state index in [0.29, 0.717) is 33.7 Å². The van der Waals surface area contributed by atoms with Crippen molar-refractivity contribution >= 4 is 34.8 Å². The molecule has 0 spiro atoms. The van der Waals surface area contributed by atoms with E-state index < -0.39 is 0 Å². The average Bonchev–Trinajstić information content (AvgIpc) is 3.04. The zero-order valence-electron chi connectivity index (χ0n) is 16.7. The first-order valence-electron chi connectivity index (χ1n) is 9.74. The maximum absolute atomic E-state index is 13.3. The highest BCUT2D eigenvalue weighted by molar-refractivity contribution is 6.42. The fraction of sp³-hybridized carbons (Fsp3) is 0.333. The minimum atomic E-state index is -0.365. The largest absolute Gasteiger partial charge is 0.324 e. The summed E-state index contributed by atoms with van der Waals surface area (Å²) in [5.41, 5.74) is 3.46. The molecule has 1 amide bonds. The van der Waals surface area contributed by atoms with Crippen molar-refractivity contribution in [3.8, 4) is 5.95 Å². The Morgan fingerprint density at radius 2 is 1.90 bits per heavy atom. The third-order valence-electron chi connectivity index (χ3n) is 5.12. The number of amides is 1. The number of carbonyl (C=O) groups is 1. The van der Waals surface area contributed by atoms with Crippen molar-refractivity contribution in [1.82, 2.24) is 19.3 Å². The van der Waals surface area contributed by atoms with E-state index in [-0.39, 0.29) is 18.0 Å². The normalized spacial score (nSPS) is 13.2. The Morgan fingerprint density at radius 1 is 1.13 bits per heavy atom. The molecule has 0 bridgehead atoms. The quantitative estimate of drug-likeness (QED) is 0.660. The van der Waals surface area contributed by atoms with Crippen LogP contribution in [-0.4, -0.2) is 25.2 Å². The first kappa shape index (κ1) is 20.6. The molecule has 7 nitrogen and oxygen atoms in total. The molecule has 0 saturated carbocycles. The molecule has 1 N–H and O–H groups in total. The van der Waals surface area contributed by atoms with Gasteiger partial charge in [-0.2, -0.15) is 5.10 Å². The Bertz CT molecular complexity index is 1200. The molecule has 0 fully saturated rings. The highest BCUT2D eigenvalue weighted by Gasteiger charge is 2.23. The number of carbonyl (C=O) groups excluding carboxylic acids is 1. The van der Waals surface area contributed by atoms with Crippen LogP contribution in [0.4, 0.5) is 5.69 Å². The van der Waals surface area contributed by atoms with Crippen LogP contribution in [0, 0.1) is 13.8 Å². The molecular formula is C21H21Cl2N5O2. The smallest absolute Gasteiger partial charge is 0.258 e. The van der Waals surface area contributed by atoms with Crippen molar-refractivity contribution in [3.63, 3.8) is 0 Å². The first-order valence-corrected chi connectivity index (χ1v) is 10.5. The van der Waals surface area contributed by atoms with Crippen LogP contribution in [0.5, 0.6) is 0 Å². The molecule has 2 aromatic heterocycles.